The van der Waals surface area contributed by atoms with Gasteiger partial charge in [0.05, 0.1) is 0 Å². The predicted octanol–water partition coefficient (Wildman–Crippen LogP) is 4.32. The molecule has 0 unspecified atom stereocenters. The molecule has 6 nitrogen and oxygen atoms in total. The first-order chi connectivity index (χ1) is 15.6. The van der Waals surface area contributed by atoms with Gasteiger partial charge in [-0.05, 0) is 0 Å². The molecule has 1 aromatic carbocycles. The van der Waals surface area contributed by atoms with Gasteiger partial charge in [-0.15, -0.1) is 0 Å². The first kappa shape index (κ1) is 28.9. The van der Waals surface area contributed by atoms with E-state index in [0.717, 1.165) is 25.4 Å². The molecular formula is C25H42ClGeNO5. The minimum absolute atomic E-state index is 0.0356. The summed E-state index contributed by atoms with van der Waals surface area (Å²) in [6.07, 6.45) is 0. The van der Waals surface area contributed by atoms with Crippen LogP contribution >= 0.6 is 10.0 Å². The third-order valence-electron chi connectivity index (χ3n) is 5.59. The summed E-state index contributed by atoms with van der Waals surface area (Å²) < 4.78 is 28.9. The number of hydrogen-bond donors (Lipinski definition) is 0. The van der Waals surface area contributed by atoms with Gasteiger partial charge in [0.25, 0.3) is 0 Å². The summed E-state index contributed by atoms with van der Waals surface area (Å²) >= 11 is -1.01. The maximum absolute atomic E-state index is 6.19. The SMILES string of the molecule is CC(C)(C)c1cc(CN2CCOCCOCCOCCOCC2)c([O][Ge][Cl])c(C(C)(C)C)c1. The molecule has 8 heteroatoms. The van der Waals surface area contributed by atoms with Crippen LogP contribution in [0.25, 0.3) is 0 Å². The zero-order valence-electron chi connectivity index (χ0n) is 21.3. The summed E-state index contributed by atoms with van der Waals surface area (Å²) in [6.45, 7) is 20.6. The molecule has 1 saturated heterocycles. The fourth-order valence-electron chi connectivity index (χ4n) is 3.62. The van der Waals surface area contributed by atoms with Crippen molar-refractivity contribution in [3.05, 3.63) is 28.8 Å². The first-order valence-corrected chi connectivity index (χ1v) is 15.5. The van der Waals surface area contributed by atoms with E-state index in [9.17, 15) is 0 Å². The fraction of sp³-hybridized carbons (Fsp3) is 0.760. The van der Waals surface area contributed by atoms with Gasteiger partial charge in [-0.25, -0.2) is 0 Å². The van der Waals surface area contributed by atoms with E-state index in [4.69, 9.17) is 32.7 Å². The molecule has 0 spiro atoms. The predicted molar refractivity (Wildman–Crippen MR) is 135 cm³/mol. The molecular weight excluding hydrogens is 502 g/mol. The maximum atomic E-state index is 6.19. The van der Waals surface area contributed by atoms with Crippen molar-refractivity contribution in [3.8, 4) is 5.75 Å². The van der Waals surface area contributed by atoms with Gasteiger partial charge in [0.1, 0.15) is 0 Å². The molecule has 0 aliphatic carbocycles. The molecule has 33 heavy (non-hydrogen) atoms. The number of nitrogens with zero attached hydrogens (tertiary/aromatic N) is 1. The van der Waals surface area contributed by atoms with Gasteiger partial charge in [-0.3, -0.25) is 0 Å². The van der Waals surface area contributed by atoms with Crippen LogP contribution in [0.5, 0.6) is 5.75 Å². The Labute approximate surface area is 211 Å². The molecule has 0 amide bonds. The fourth-order valence-corrected chi connectivity index (χ4v) is 4.68. The zero-order valence-corrected chi connectivity index (χ0v) is 24.2. The number of halogens is 1. The van der Waals surface area contributed by atoms with E-state index in [1.54, 1.807) is 0 Å². The van der Waals surface area contributed by atoms with Crippen LogP contribution in [0.3, 0.4) is 0 Å². The van der Waals surface area contributed by atoms with E-state index in [1.165, 1.54) is 16.7 Å². The van der Waals surface area contributed by atoms with Crippen LogP contribution in [0.15, 0.2) is 12.1 Å². The summed E-state index contributed by atoms with van der Waals surface area (Å²) in [5.41, 5.74) is 3.70. The Morgan fingerprint density at radius 2 is 1.27 bits per heavy atom. The quantitative estimate of drug-likeness (QED) is 0.527. The standard InChI is InChI=1S/C25H42ClGeNO5/c1-24(2,3)21-17-20(23(33-27-26)22(18-21)25(4,5)6)19-28-7-9-29-11-13-31-15-16-32-14-12-30-10-8-28/h17-18H,7-16,19H2,1-6H3. The molecule has 1 aromatic rings. The van der Waals surface area contributed by atoms with Crippen molar-refractivity contribution >= 4 is 24.8 Å². The summed E-state index contributed by atoms with van der Waals surface area (Å²) in [7, 11) is 6.19. The van der Waals surface area contributed by atoms with Crippen molar-refractivity contribution in [2.24, 2.45) is 0 Å². The molecule has 1 fully saturated rings. The number of benzene rings is 1. The summed E-state index contributed by atoms with van der Waals surface area (Å²) in [5.74, 6) is 0.949. The van der Waals surface area contributed by atoms with Crippen molar-refractivity contribution in [2.45, 2.75) is 58.9 Å². The number of ether oxygens (including phenoxy) is 4. The van der Waals surface area contributed by atoms with Crippen molar-refractivity contribution in [3.63, 3.8) is 0 Å². The Morgan fingerprint density at radius 1 is 0.788 bits per heavy atom. The molecule has 0 bridgehead atoms. The van der Waals surface area contributed by atoms with E-state index in [2.05, 4.69) is 58.6 Å². The third kappa shape index (κ3) is 10.4. The van der Waals surface area contributed by atoms with E-state index in [0.29, 0.717) is 52.9 Å². The van der Waals surface area contributed by atoms with Crippen LogP contribution in [-0.2, 0) is 36.3 Å². The average Bonchev–Trinajstić information content (AvgIpc) is 2.73. The van der Waals surface area contributed by atoms with E-state index in [-0.39, 0.29) is 10.8 Å². The van der Waals surface area contributed by atoms with Crippen molar-refractivity contribution in [2.75, 3.05) is 65.9 Å². The minimum atomic E-state index is -1.01. The molecule has 1 heterocycles. The monoisotopic (exact) mass is 545 g/mol. The third-order valence-corrected chi connectivity index (χ3v) is 6.59. The summed E-state index contributed by atoms with van der Waals surface area (Å²) in [6, 6.07) is 4.59. The molecule has 0 atom stereocenters. The van der Waals surface area contributed by atoms with Crippen LogP contribution in [0.2, 0.25) is 0 Å². The number of hydrogen-bond acceptors (Lipinski definition) is 6. The Morgan fingerprint density at radius 3 is 1.70 bits per heavy atom. The van der Waals surface area contributed by atoms with Gasteiger partial charge in [0.2, 0.25) is 0 Å². The second-order valence-corrected chi connectivity index (χ2v) is 12.0. The molecule has 2 radical (unpaired) electrons. The van der Waals surface area contributed by atoms with Crippen LogP contribution in [0.1, 0.15) is 58.2 Å². The normalized spacial score (nSPS) is 19.0. The molecule has 0 aromatic heterocycles. The zero-order chi connectivity index (χ0) is 24.3. The summed E-state index contributed by atoms with van der Waals surface area (Å²) in [5, 5.41) is 0. The first-order valence-electron chi connectivity index (χ1n) is 11.9. The Hall–Kier alpha value is -0.347. The van der Waals surface area contributed by atoms with Crippen LogP contribution in [0.4, 0.5) is 0 Å². The molecule has 2 rings (SSSR count). The van der Waals surface area contributed by atoms with Gasteiger partial charge >= 0.3 is 212 Å². The van der Waals surface area contributed by atoms with Gasteiger partial charge < -0.3 is 0 Å². The Kier molecular flexibility index (Phi) is 12.5. The second kappa shape index (κ2) is 14.3. The van der Waals surface area contributed by atoms with Crippen LogP contribution in [-0.4, -0.2) is 85.7 Å². The molecule has 1 aliphatic rings. The van der Waals surface area contributed by atoms with E-state index >= 15 is 0 Å². The van der Waals surface area contributed by atoms with Gasteiger partial charge in [0, 0.05) is 0 Å². The van der Waals surface area contributed by atoms with E-state index < -0.39 is 14.8 Å². The molecule has 1 aliphatic heterocycles. The molecule has 0 N–H and O–H groups in total. The van der Waals surface area contributed by atoms with Crippen molar-refractivity contribution < 1.29 is 22.7 Å². The van der Waals surface area contributed by atoms with Gasteiger partial charge in [0.15, 0.2) is 0 Å². The van der Waals surface area contributed by atoms with Gasteiger partial charge in [-0.2, -0.15) is 0 Å². The Bertz CT molecular complexity index is 689. The van der Waals surface area contributed by atoms with Gasteiger partial charge in [-0.1, -0.05) is 0 Å². The van der Waals surface area contributed by atoms with Crippen LogP contribution < -0.4 is 3.76 Å². The van der Waals surface area contributed by atoms with Crippen LogP contribution in [0, 0.1) is 0 Å². The second-order valence-electron chi connectivity index (χ2n) is 10.4. The summed E-state index contributed by atoms with van der Waals surface area (Å²) in [4.78, 5) is 2.37. The molecule has 188 valence electrons. The molecule has 0 saturated carbocycles. The van der Waals surface area contributed by atoms with Crippen molar-refractivity contribution in [1.82, 2.24) is 4.90 Å². The Balaban J connectivity index is 2.28. The van der Waals surface area contributed by atoms with E-state index in [1.807, 2.05) is 0 Å². The topological polar surface area (TPSA) is 49.4 Å². The van der Waals surface area contributed by atoms with Crippen molar-refractivity contribution in [1.29, 1.82) is 0 Å². The number of rotatable bonds is 4. The average molecular weight is 545 g/mol.